The predicted octanol–water partition coefficient (Wildman–Crippen LogP) is 2.28. The quantitative estimate of drug-likeness (QED) is 0.560. The lowest BCUT2D eigenvalue weighted by molar-refractivity contribution is -0.153. The standard InChI is InChI=1S/C26H26N2O4/c29-23(24(30)26(32)28-14-13-20-10-4-5-11-22(20)17-28)25(31)27-16-18-7-6-12-21(15-18)19-8-2-1-3-9-19/h1-12,15,23-24,29-30H,13-14,16-17H2,(H,27,31)/t23-,24-/m1/s1. The average Bonchev–Trinajstić information content (AvgIpc) is 2.86. The Kier molecular flexibility index (Phi) is 6.63. The fraction of sp³-hybridized carbons (Fsp3) is 0.231. The molecule has 0 fully saturated rings. The molecule has 0 aliphatic carbocycles. The lowest BCUT2D eigenvalue weighted by atomic mass is 9.99. The summed E-state index contributed by atoms with van der Waals surface area (Å²) in [5.74, 6) is -1.43. The first-order chi connectivity index (χ1) is 15.5. The minimum atomic E-state index is -1.84. The highest BCUT2D eigenvalue weighted by Crippen LogP contribution is 2.21. The van der Waals surface area contributed by atoms with Crippen molar-refractivity contribution in [1.82, 2.24) is 10.2 Å². The first-order valence-electron chi connectivity index (χ1n) is 10.7. The molecule has 0 bridgehead atoms. The highest BCUT2D eigenvalue weighted by molar-refractivity contribution is 5.90. The number of hydrogen-bond acceptors (Lipinski definition) is 4. The number of carbonyl (C=O) groups excluding carboxylic acids is 2. The summed E-state index contributed by atoms with van der Waals surface area (Å²) >= 11 is 0. The van der Waals surface area contributed by atoms with E-state index in [1.54, 1.807) is 0 Å². The normalized spacial score (nSPS) is 14.9. The number of nitrogens with one attached hydrogen (secondary N) is 1. The third-order valence-corrected chi connectivity index (χ3v) is 5.76. The second kappa shape index (κ2) is 9.77. The van der Waals surface area contributed by atoms with Gasteiger partial charge in [-0.2, -0.15) is 0 Å². The van der Waals surface area contributed by atoms with Gasteiger partial charge in [0.25, 0.3) is 11.8 Å². The molecule has 1 aliphatic heterocycles. The second-order valence-electron chi connectivity index (χ2n) is 7.95. The zero-order chi connectivity index (χ0) is 22.5. The van der Waals surface area contributed by atoms with Gasteiger partial charge in [0.2, 0.25) is 0 Å². The monoisotopic (exact) mass is 430 g/mol. The van der Waals surface area contributed by atoms with Crippen LogP contribution in [0.5, 0.6) is 0 Å². The molecule has 164 valence electrons. The van der Waals surface area contributed by atoms with E-state index in [0.717, 1.165) is 22.3 Å². The van der Waals surface area contributed by atoms with Crippen molar-refractivity contribution in [2.45, 2.75) is 31.7 Å². The van der Waals surface area contributed by atoms with E-state index >= 15 is 0 Å². The smallest absolute Gasteiger partial charge is 0.255 e. The highest BCUT2D eigenvalue weighted by Gasteiger charge is 2.34. The number of rotatable bonds is 6. The first kappa shape index (κ1) is 21.7. The van der Waals surface area contributed by atoms with Crippen molar-refractivity contribution in [3.63, 3.8) is 0 Å². The van der Waals surface area contributed by atoms with E-state index in [1.807, 2.05) is 78.9 Å². The second-order valence-corrected chi connectivity index (χ2v) is 7.95. The van der Waals surface area contributed by atoms with Crippen molar-refractivity contribution >= 4 is 11.8 Å². The predicted molar refractivity (Wildman–Crippen MR) is 121 cm³/mol. The summed E-state index contributed by atoms with van der Waals surface area (Å²) in [5.41, 5.74) is 5.10. The van der Waals surface area contributed by atoms with Gasteiger partial charge in [0.05, 0.1) is 0 Å². The summed E-state index contributed by atoms with van der Waals surface area (Å²) in [5, 5.41) is 23.2. The molecule has 0 saturated carbocycles. The zero-order valence-electron chi connectivity index (χ0n) is 17.6. The SMILES string of the molecule is O=C(NCc1cccc(-c2ccccc2)c1)[C@H](O)[C@@H](O)C(=O)N1CCc2ccccc2C1. The molecule has 3 aromatic carbocycles. The van der Waals surface area contributed by atoms with Gasteiger partial charge in [-0.3, -0.25) is 9.59 Å². The maximum Gasteiger partial charge on any atom is 0.255 e. The number of hydrogen-bond donors (Lipinski definition) is 3. The molecular weight excluding hydrogens is 404 g/mol. The largest absolute Gasteiger partial charge is 0.380 e. The van der Waals surface area contributed by atoms with Gasteiger partial charge >= 0.3 is 0 Å². The molecule has 0 saturated heterocycles. The minimum Gasteiger partial charge on any atom is -0.380 e. The fourth-order valence-electron chi connectivity index (χ4n) is 3.93. The van der Waals surface area contributed by atoms with Gasteiger partial charge < -0.3 is 20.4 Å². The lowest BCUT2D eigenvalue weighted by Crippen LogP contribution is -2.51. The Bertz CT molecular complexity index is 1100. The van der Waals surface area contributed by atoms with Crippen LogP contribution in [0, 0.1) is 0 Å². The van der Waals surface area contributed by atoms with Crippen LogP contribution in [0.4, 0.5) is 0 Å². The number of benzene rings is 3. The van der Waals surface area contributed by atoms with Crippen LogP contribution < -0.4 is 5.32 Å². The molecule has 6 nitrogen and oxygen atoms in total. The molecule has 2 atom stereocenters. The van der Waals surface area contributed by atoms with E-state index in [0.29, 0.717) is 19.5 Å². The van der Waals surface area contributed by atoms with Crippen molar-refractivity contribution in [2.75, 3.05) is 6.54 Å². The molecule has 0 unspecified atom stereocenters. The van der Waals surface area contributed by atoms with Crippen LogP contribution in [0.25, 0.3) is 11.1 Å². The third-order valence-electron chi connectivity index (χ3n) is 5.76. The van der Waals surface area contributed by atoms with Crippen molar-refractivity contribution in [3.8, 4) is 11.1 Å². The van der Waals surface area contributed by atoms with Crippen molar-refractivity contribution in [3.05, 3.63) is 95.6 Å². The molecule has 32 heavy (non-hydrogen) atoms. The zero-order valence-corrected chi connectivity index (χ0v) is 17.6. The van der Waals surface area contributed by atoms with Gasteiger partial charge in [-0.1, -0.05) is 72.8 Å². The fourth-order valence-corrected chi connectivity index (χ4v) is 3.93. The van der Waals surface area contributed by atoms with Crippen LogP contribution in [0.15, 0.2) is 78.9 Å². The molecule has 1 aliphatic rings. The summed E-state index contributed by atoms with van der Waals surface area (Å²) in [4.78, 5) is 26.6. The Morgan fingerprint density at radius 3 is 2.31 bits per heavy atom. The molecule has 0 spiro atoms. The Morgan fingerprint density at radius 2 is 1.53 bits per heavy atom. The minimum absolute atomic E-state index is 0.175. The van der Waals surface area contributed by atoms with Gasteiger partial charge in [-0.15, -0.1) is 0 Å². The van der Waals surface area contributed by atoms with Gasteiger partial charge in [0.1, 0.15) is 0 Å². The lowest BCUT2D eigenvalue weighted by Gasteiger charge is -2.31. The third kappa shape index (κ3) is 4.88. The summed E-state index contributed by atoms with van der Waals surface area (Å²) in [6.07, 6.45) is -2.97. The Hall–Kier alpha value is -3.48. The number of amides is 2. The summed E-state index contributed by atoms with van der Waals surface area (Å²) in [6.45, 7) is 0.967. The Balaban J connectivity index is 1.34. The van der Waals surface area contributed by atoms with E-state index in [9.17, 15) is 19.8 Å². The van der Waals surface area contributed by atoms with Crippen molar-refractivity contribution in [1.29, 1.82) is 0 Å². The van der Waals surface area contributed by atoms with Crippen molar-refractivity contribution < 1.29 is 19.8 Å². The summed E-state index contributed by atoms with van der Waals surface area (Å²) in [6, 6.07) is 25.4. The van der Waals surface area contributed by atoms with Crippen LogP contribution in [-0.4, -0.2) is 45.7 Å². The van der Waals surface area contributed by atoms with Crippen molar-refractivity contribution in [2.24, 2.45) is 0 Å². The van der Waals surface area contributed by atoms with Crippen LogP contribution in [0.3, 0.4) is 0 Å². The van der Waals surface area contributed by atoms with Gasteiger partial charge in [-0.25, -0.2) is 0 Å². The first-order valence-corrected chi connectivity index (χ1v) is 10.7. The summed E-state index contributed by atoms with van der Waals surface area (Å²) in [7, 11) is 0. The molecule has 3 N–H and O–H groups in total. The molecule has 0 aromatic heterocycles. The van der Waals surface area contributed by atoms with Crippen LogP contribution in [-0.2, 0) is 29.1 Å². The number of carbonyl (C=O) groups is 2. The van der Waals surface area contributed by atoms with Gasteiger partial charge in [-0.05, 0) is 40.3 Å². The van der Waals surface area contributed by atoms with Gasteiger partial charge in [0.15, 0.2) is 12.2 Å². The Labute approximate surface area is 187 Å². The van der Waals surface area contributed by atoms with E-state index in [4.69, 9.17) is 0 Å². The summed E-state index contributed by atoms with van der Waals surface area (Å²) < 4.78 is 0. The highest BCUT2D eigenvalue weighted by atomic mass is 16.3. The maximum absolute atomic E-state index is 12.7. The van der Waals surface area contributed by atoms with Gasteiger partial charge in [0, 0.05) is 19.6 Å². The van der Waals surface area contributed by atoms with Crippen LogP contribution in [0.2, 0.25) is 0 Å². The van der Waals surface area contributed by atoms with E-state index < -0.39 is 24.0 Å². The molecule has 1 heterocycles. The molecular formula is C26H26N2O4. The molecule has 0 radical (unpaired) electrons. The molecule has 3 aromatic rings. The van der Waals surface area contributed by atoms with Crippen LogP contribution in [0.1, 0.15) is 16.7 Å². The number of fused-ring (bicyclic) bond motifs is 1. The number of aliphatic hydroxyl groups excluding tert-OH is 2. The average molecular weight is 431 g/mol. The Morgan fingerprint density at radius 1 is 0.844 bits per heavy atom. The van der Waals surface area contributed by atoms with E-state index in [2.05, 4.69) is 5.32 Å². The maximum atomic E-state index is 12.7. The van der Waals surface area contributed by atoms with E-state index in [1.165, 1.54) is 10.5 Å². The molecule has 6 heteroatoms. The topological polar surface area (TPSA) is 89.9 Å². The molecule has 4 rings (SSSR count). The molecule has 2 amide bonds. The number of nitrogens with zero attached hydrogens (tertiary/aromatic N) is 1. The van der Waals surface area contributed by atoms with Crippen LogP contribution >= 0.6 is 0 Å². The van der Waals surface area contributed by atoms with E-state index in [-0.39, 0.29) is 6.54 Å². The number of aliphatic hydroxyl groups is 2.